The number of anilines is 1. The number of nitrogens with two attached hydrogens (primary N) is 1. The fourth-order valence-electron chi connectivity index (χ4n) is 2.23. The first-order chi connectivity index (χ1) is 8.74. The van der Waals surface area contributed by atoms with Gasteiger partial charge in [0.1, 0.15) is 0 Å². The Morgan fingerprint density at radius 1 is 1.44 bits per heavy atom. The lowest BCUT2D eigenvalue weighted by atomic mass is 9.94. The summed E-state index contributed by atoms with van der Waals surface area (Å²) in [6.07, 6.45) is 3.36. The molecule has 0 aromatic carbocycles. The van der Waals surface area contributed by atoms with Crippen molar-refractivity contribution in [3.8, 4) is 0 Å². The summed E-state index contributed by atoms with van der Waals surface area (Å²) >= 11 is 0. The van der Waals surface area contributed by atoms with Gasteiger partial charge in [-0.1, -0.05) is 13.3 Å². The number of nitrogens with one attached hydrogen (secondary N) is 1. The molecule has 1 aliphatic rings. The molecular formula is C12H19N5O. The van der Waals surface area contributed by atoms with E-state index >= 15 is 0 Å². The number of carbonyl (C=O) groups is 1. The normalized spacial score (nSPS) is 16.7. The van der Waals surface area contributed by atoms with Crippen LogP contribution in [0.5, 0.6) is 0 Å². The third-order valence-electron chi connectivity index (χ3n) is 3.51. The van der Waals surface area contributed by atoms with E-state index in [0.717, 1.165) is 31.8 Å². The van der Waals surface area contributed by atoms with Crippen LogP contribution < -0.4 is 11.3 Å². The van der Waals surface area contributed by atoms with Crippen LogP contribution in [0.3, 0.4) is 0 Å². The quantitative estimate of drug-likeness (QED) is 0.617. The maximum atomic E-state index is 12.2. The van der Waals surface area contributed by atoms with Crippen molar-refractivity contribution in [1.29, 1.82) is 0 Å². The van der Waals surface area contributed by atoms with E-state index in [0.29, 0.717) is 11.5 Å². The Morgan fingerprint density at radius 3 is 2.67 bits per heavy atom. The SMILES string of the molecule is CCC1CCN(C(=O)c2ccc(NN)nn2)CC1. The maximum absolute atomic E-state index is 12.2. The molecule has 1 aromatic heterocycles. The van der Waals surface area contributed by atoms with Crippen molar-refractivity contribution in [3.05, 3.63) is 17.8 Å². The van der Waals surface area contributed by atoms with Crippen molar-refractivity contribution in [2.24, 2.45) is 11.8 Å². The molecule has 0 spiro atoms. The van der Waals surface area contributed by atoms with Crippen molar-refractivity contribution < 1.29 is 4.79 Å². The van der Waals surface area contributed by atoms with Crippen LogP contribution in [0, 0.1) is 5.92 Å². The standard InChI is InChI=1S/C12H19N5O/c1-2-9-5-7-17(8-6-9)12(18)10-3-4-11(14-13)16-15-10/h3-4,9H,2,5-8,13H2,1H3,(H,14,16). The number of aromatic nitrogens is 2. The molecule has 0 unspecified atom stereocenters. The zero-order valence-corrected chi connectivity index (χ0v) is 10.6. The maximum Gasteiger partial charge on any atom is 0.274 e. The number of piperidine rings is 1. The Labute approximate surface area is 107 Å². The van der Waals surface area contributed by atoms with Crippen LogP contribution >= 0.6 is 0 Å². The number of hydrazine groups is 1. The lowest BCUT2D eigenvalue weighted by Crippen LogP contribution is -2.38. The third kappa shape index (κ3) is 2.76. The Balaban J connectivity index is 1.98. The van der Waals surface area contributed by atoms with E-state index in [9.17, 15) is 4.79 Å². The van der Waals surface area contributed by atoms with Gasteiger partial charge in [0.05, 0.1) is 0 Å². The number of hydrogen-bond acceptors (Lipinski definition) is 5. The average molecular weight is 249 g/mol. The highest BCUT2D eigenvalue weighted by molar-refractivity contribution is 5.92. The number of likely N-dealkylation sites (tertiary alicyclic amines) is 1. The van der Waals surface area contributed by atoms with Crippen LogP contribution in [-0.4, -0.2) is 34.1 Å². The van der Waals surface area contributed by atoms with Gasteiger partial charge in [0, 0.05) is 13.1 Å². The minimum Gasteiger partial charge on any atom is -0.337 e. The van der Waals surface area contributed by atoms with E-state index in [4.69, 9.17) is 5.84 Å². The summed E-state index contributed by atoms with van der Waals surface area (Å²) in [6.45, 7) is 3.83. The van der Waals surface area contributed by atoms with Gasteiger partial charge in [-0.15, -0.1) is 10.2 Å². The van der Waals surface area contributed by atoms with Crippen LogP contribution in [0.1, 0.15) is 36.7 Å². The van der Waals surface area contributed by atoms with Crippen molar-refractivity contribution in [2.45, 2.75) is 26.2 Å². The molecule has 3 N–H and O–H groups in total. The summed E-state index contributed by atoms with van der Waals surface area (Å²) in [5.74, 6) is 6.37. The topological polar surface area (TPSA) is 84.1 Å². The molecule has 1 aliphatic heterocycles. The van der Waals surface area contributed by atoms with Crippen molar-refractivity contribution in [1.82, 2.24) is 15.1 Å². The largest absolute Gasteiger partial charge is 0.337 e. The first-order valence-electron chi connectivity index (χ1n) is 6.34. The second-order valence-corrected chi connectivity index (χ2v) is 4.59. The zero-order chi connectivity index (χ0) is 13.0. The van der Waals surface area contributed by atoms with Gasteiger partial charge < -0.3 is 10.3 Å². The van der Waals surface area contributed by atoms with Gasteiger partial charge in [-0.25, -0.2) is 5.84 Å². The molecule has 0 bridgehead atoms. The first-order valence-corrected chi connectivity index (χ1v) is 6.34. The molecule has 18 heavy (non-hydrogen) atoms. The van der Waals surface area contributed by atoms with Crippen LogP contribution in [0.15, 0.2) is 12.1 Å². The fraction of sp³-hybridized carbons (Fsp3) is 0.583. The number of nitrogen functional groups attached to an aromatic ring is 1. The molecular weight excluding hydrogens is 230 g/mol. The minimum absolute atomic E-state index is 0.0411. The van der Waals surface area contributed by atoms with Gasteiger partial charge >= 0.3 is 0 Å². The molecule has 0 radical (unpaired) electrons. The Kier molecular flexibility index (Phi) is 4.09. The summed E-state index contributed by atoms with van der Waals surface area (Å²) in [6, 6.07) is 3.30. The molecule has 2 rings (SSSR count). The third-order valence-corrected chi connectivity index (χ3v) is 3.51. The molecule has 98 valence electrons. The van der Waals surface area contributed by atoms with E-state index in [1.807, 2.05) is 4.90 Å². The first kappa shape index (κ1) is 12.8. The van der Waals surface area contributed by atoms with E-state index in [1.54, 1.807) is 12.1 Å². The molecule has 1 saturated heterocycles. The molecule has 1 aromatic rings. The molecule has 1 fully saturated rings. The zero-order valence-electron chi connectivity index (χ0n) is 10.6. The second-order valence-electron chi connectivity index (χ2n) is 4.59. The van der Waals surface area contributed by atoms with E-state index in [2.05, 4.69) is 22.5 Å². The van der Waals surface area contributed by atoms with Crippen LogP contribution in [0.4, 0.5) is 5.82 Å². The Hall–Kier alpha value is -1.69. The number of amides is 1. The highest BCUT2D eigenvalue weighted by Crippen LogP contribution is 2.20. The smallest absolute Gasteiger partial charge is 0.274 e. The summed E-state index contributed by atoms with van der Waals surface area (Å²) < 4.78 is 0. The van der Waals surface area contributed by atoms with Crippen molar-refractivity contribution in [2.75, 3.05) is 18.5 Å². The van der Waals surface area contributed by atoms with Gasteiger partial charge in [0.2, 0.25) is 0 Å². The molecule has 6 heteroatoms. The molecule has 0 atom stereocenters. The molecule has 2 heterocycles. The minimum atomic E-state index is -0.0411. The van der Waals surface area contributed by atoms with E-state index in [-0.39, 0.29) is 5.91 Å². The van der Waals surface area contributed by atoms with Gasteiger partial charge in [-0.05, 0) is 30.9 Å². The monoisotopic (exact) mass is 249 g/mol. The van der Waals surface area contributed by atoms with Crippen LogP contribution in [-0.2, 0) is 0 Å². The van der Waals surface area contributed by atoms with Crippen LogP contribution in [0.25, 0.3) is 0 Å². The summed E-state index contributed by atoms with van der Waals surface area (Å²) in [5.41, 5.74) is 2.77. The van der Waals surface area contributed by atoms with E-state index in [1.165, 1.54) is 6.42 Å². The highest BCUT2D eigenvalue weighted by atomic mass is 16.2. The van der Waals surface area contributed by atoms with Gasteiger partial charge in [-0.2, -0.15) is 0 Å². The summed E-state index contributed by atoms with van der Waals surface area (Å²) in [7, 11) is 0. The number of rotatable bonds is 3. The molecule has 1 amide bonds. The fourth-order valence-corrected chi connectivity index (χ4v) is 2.23. The number of hydrogen-bond donors (Lipinski definition) is 2. The Bertz CT molecular complexity index is 397. The summed E-state index contributed by atoms with van der Waals surface area (Å²) in [5, 5.41) is 7.69. The van der Waals surface area contributed by atoms with Crippen molar-refractivity contribution >= 4 is 11.7 Å². The highest BCUT2D eigenvalue weighted by Gasteiger charge is 2.23. The lowest BCUT2D eigenvalue weighted by Gasteiger charge is -2.31. The Morgan fingerprint density at radius 2 is 2.17 bits per heavy atom. The predicted molar refractivity (Wildman–Crippen MR) is 68.8 cm³/mol. The lowest BCUT2D eigenvalue weighted by molar-refractivity contribution is 0.0681. The number of nitrogens with zero attached hydrogens (tertiary/aromatic N) is 3. The van der Waals surface area contributed by atoms with Gasteiger partial charge in [-0.3, -0.25) is 4.79 Å². The molecule has 0 saturated carbocycles. The second kappa shape index (κ2) is 5.77. The van der Waals surface area contributed by atoms with E-state index < -0.39 is 0 Å². The van der Waals surface area contributed by atoms with Crippen molar-refractivity contribution in [3.63, 3.8) is 0 Å². The number of carbonyl (C=O) groups excluding carboxylic acids is 1. The summed E-state index contributed by atoms with van der Waals surface area (Å²) in [4.78, 5) is 14.0. The van der Waals surface area contributed by atoms with Crippen LogP contribution in [0.2, 0.25) is 0 Å². The predicted octanol–water partition coefficient (Wildman–Crippen LogP) is 1.02. The average Bonchev–Trinajstić information content (AvgIpc) is 2.47. The van der Waals surface area contributed by atoms with Gasteiger partial charge in [0.25, 0.3) is 5.91 Å². The molecule has 6 nitrogen and oxygen atoms in total. The van der Waals surface area contributed by atoms with Gasteiger partial charge in [0.15, 0.2) is 11.5 Å². The molecule has 0 aliphatic carbocycles.